The molecule has 3 rings (SSSR count). The van der Waals surface area contributed by atoms with Gasteiger partial charge < -0.3 is 5.73 Å². The van der Waals surface area contributed by atoms with Gasteiger partial charge in [0.25, 0.3) is 5.56 Å². The van der Waals surface area contributed by atoms with Crippen LogP contribution in [0, 0.1) is 0 Å². The number of carbonyl (C=O) groups is 1. The molecular weight excluding hydrogens is 358 g/mol. The van der Waals surface area contributed by atoms with Gasteiger partial charge >= 0.3 is 0 Å². The Morgan fingerprint density at radius 2 is 2.00 bits per heavy atom. The van der Waals surface area contributed by atoms with Gasteiger partial charge in [0.1, 0.15) is 16.7 Å². The lowest BCUT2D eigenvalue weighted by Crippen LogP contribution is -2.36. The molecule has 0 radical (unpaired) electrons. The summed E-state index contributed by atoms with van der Waals surface area (Å²) in [7, 11) is 0. The SMILES string of the molecule is CCc1nc2scc(-c3ccc(Cl)cc3)c2c(=O)n1C(CC)C(N)=O. The third-order valence-corrected chi connectivity index (χ3v) is 5.34. The molecular formula is C18H18ClN3O2S. The molecule has 3 aromatic rings. The lowest BCUT2D eigenvalue weighted by atomic mass is 10.1. The van der Waals surface area contributed by atoms with E-state index < -0.39 is 11.9 Å². The minimum absolute atomic E-state index is 0.223. The smallest absolute Gasteiger partial charge is 0.263 e. The van der Waals surface area contributed by atoms with Crippen molar-refractivity contribution in [3.8, 4) is 11.1 Å². The topological polar surface area (TPSA) is 78.0 Å². The number of thiophene rings is 1. The molecule has 1 unspecified atom stereocenters. The fourth-order valence-electron chi connectivity index (χ4n) is 2.97. The van der Waals surface area contributed by atoms with Gasteiger partial charge in [-0.25, -0.2) is 4.98 Å². The van der Waals surface area contributed by atoms with Crippen molar-refractivity contribution in [2.75, 3.05) is 0 Å². The Bertz CT molecular complexity index is 992. The molecule has 0 fully saturated rings. The highest BCUT2D eigenvalue weighted by Crippen LogP contribution is 2.32. The van der Waals surface area contributed by atoms with Crippen LogP contribution in [0.4, 0.5) is 0 Å². The Balaban J connectivity index is 2.32. The molecule has 0 aliphatic heterocycles. The molecule has 130 valence electrons. The average molecular weight is 376 g/mol. The van der Waals surface area contributed by atoms with Gasteiger partial charge in [-0.15, -0.1) is 11.3 Å². The van der Waals surface area contributed by atoms with E-state index in [1.54, 1.807) is 12.1 Å². The average Bonchev–Trinajstić information content (AvgIpc) is 3.01. The zero-order chi connectivity index (χ0) is 18.1. The predicted octanol–water partition coefficient (Wildman–Crippen LogP) is 3.78. The number of nitrogens with zero attached hydrogens (tertiary/aromatic N) is 2. The van der Waals surface area contributed by atoms with Crippen molar-refractivity contribution in [2.24, 2.45) is 5.73 Å². The Labute approximate surface area is 154 Å². The van der Waals surface area contributed by atoms with Gasteiger partial charge in [-0.3, -0.25) is 14.2 Å². The molecule has 2 heterocycles. The maximum atomic E-state index is 13.2. The number of fused-ring (bicyclic) bond motifs is 1. The first-order valence-electron chi connectivity index (χ1n) is 8.05. The van der Waals surface area contributed by atoms with Crippen molar-refractivity contribution < 1.29 is 4.79 Å². The van der Waals surface area contributed by atoms with Crippen LogP contribution < -0.4 is 11.3 Å². The molecule has 1 atom stereocenters. The molecule has 2 N–H and O–H groups in total. The molecule has 0 aliphatic carbocycles. The molecule has 1 aromatic carbocycles. The Hall–Kier alpha value is -2.18. The van der Waals surface area contributed by atoms with Crippen LogP contribution in [-0.2, 0) is 11.2 Å². The van der Waals surface area contributed by atoms with Crippen LogP contribution in [0.1, 0.15) is 32.1 Å². The molecule has 0 aliphatic rings. The maximum absolute atomic E-state index is 13.2. The fourth-order valence-corrected chi connectivity index (χ4v) is 4.05. The molecule has 1 amide bonds. The molecule has 5 nitrogen and oxygen atoms in total. The number of hydrogen-bond acceptors (Lipinski definition) is 4. The third kappa shape index (κ3) is 3.07. The van der Waals surface area contributed by atoms with Gasteiger partial charge in [-0.2, -0.15) is 0 Å². The van der Waals surface area contributed by atoms with E-state index in [1.165, 1.54) is 15.9 Å². The second-order valence-electron chi connectivity index (χ2n) is 5.72. The quantitative estimate of drug-likeness (QED) is 0.737. The number of amides is 1. The van der Waals surface area contributed by atoms with Crippen LogP contribution >= 0.6 is 22.9 Å². The summed E-state index contributed by atoms with van der Waals surface area (Å²) < 4.78 is 1.46. The molecule has 0 saturated heterocycles. The van der Waals surface area contributed by atoms with Crippen molar-refractivity contribution in [1.29, 1.82) is 0 Å². The van der Waals surface area contributed by atoms with E-state index in [0.29, 0.717) is 33.9 Å². The van der Waals surface area contributed by atoms with E-state index in [9.17, 15) is 9.59 Å². The highest BCUT2D eigenvalue weighted by molar-refractivity contribution is 7.17. The highest BCUT2D eigenvalue weighted by atomic mass is 35.5. The lowest BCUT2D eigenvalue weighted by molar-refractivity contribution is -0.121. The van der Waals surface area contributed by atoms with Crippen LogP contribution in [-0.4, -0.2) is 15.5 Å². The van der Waals surface area contributed by atoms with E-state index >= 15 is 0 Å². The van der Waals surface area contributed by atoms with Crippen molar-refractivity contribution in [2.45, 2.75) is 32.7 Å². The largest absolute Gasteiger partial charge is 0.368 e. The summed E-state index contributed by atoms with van der Waals surface area (Å²) in [6.07, 6.45) is 0.985. The normalized spacial score (nSPS) is 12.4. The number of primary amides is 1. The number of benzene rings is 1. The molecule has 2 aromatic heterocycles. The Morgan fingerprint density at radius 3 is 2.56 bits per heavy atom. The van der Waals surface area contributed by atoms with Crippen molar-refractivity contribution >= 4 is 39.1 Å². The number of aromatic nitrogens is 2. The number of aryl methyl sites for hydroxylation is 1. The summed E-state index contributed by atoms with van der Waals surface area (Å²) in [4.78, 5) is 30.4. The summed E-state index contributed by atoms with van der Waals surface area (Å²) in [5, 5.41) is 3.06. The first kappa shape index (κ1) is 17.6. The number of carbonyl (C=O) groups excluding carboxylic acids is 1. The molecule has 0 bridgehead atoms. The second-order valence-corrected chi connectivity index (χ2v) is 7.01. The number of hydrogen-bond donors (Lipinski definition) is 1. The highest BCUT2D eigenvalue weighted by Gasteiger charge is 2.23. The summed E-state index contributed by atoms with van der Waals surface area (Å²) in [6, 6.07) is 6.60. The summed E-state index contributed by atoms with van der Waals surface area (Å²) in [5.74, 6) is 0.0522. The zero-order valence-electron chi connectivity index (χ0n) is 14.0. The van der Waals surface area contributed by atoms with E-state index in [2.05, 4.69) is 4.98 Å². The van der Waals surface area contributed by atoms with Gasteiger partial charge in [0, 0.05) is 22.4 Å². The Kier molecular flexibility index (Phi) is 4.92. The monoisotopic (exact) mass is 375 g/mol. The van der Waals surface area contributed by atoms with Crippen LogP contribution in [0.2, 0.25) is 5.02 Å². The van der Waals surface area contributed by atoms with Gasteiger partial charge in [0.15, 0.2) is 0 Å². The maximum Gasteiger partial charge on any atom is 0.263 e. The van der Waals surface area contributed by atoms with Crippen LogP contribution in [0.15, 0.2) is 34.4 Å². The van der Waals surface area contributed by atoms with Gasteiger partial charge in [0.2, 0.25) is 5.91 Å². The molecule has 25 heavy (non-hydrogen) atoms. The molecule has 7 heteroatoms. The predicted molar refractivity (Wildman–Crippen MR) is 102 cm³/mol. The summed E-state index contributed by atoms with van der Waals surface area (Å²) in [5.41, 5.74) is 6.98. The van der Waals surface area contributed by atoms with Gasteiger partial charge in [-0.05, 0) is 24.1 Å². The summed E-state index contributed by atoms with van der Waals surface area (Å²) >= 11 is 7.38. The van der Waals surface area contributed by atoms with E-state index in [-0.39, 0.29) is 5.56 Å². The standard InChI is InChI=1S/C18H18ClN3O2S/c1-3-13(16(20)23)22-14(4-2)21-17-15(18(22)24)12(9-25-17)10-5-7-11(19)8-6-10/h5-9,13H,3-4H2,1-2H3,(H2,20,23). The van der Waals surface area contributed by atoms with E-state index in [4.69, 9.17) is 17.3 Å². The van der Waals surface area contributed by atoms with E-state index in [1.807, 2.05) is 31.4 Å². The third-order valence-electron chi connectivity index (χ3n) is 4.21. The number of nitrogens with two attached hydrogens (primary N) is 1. The minimum Gasteiger partial charge on any atom is -0.368 e. The summed E-state index contributed by atoms with van der Waals surface area (Å²) in [6.45, 7) is 3.74. The lowest BCUT2D eigenvalue weighted by Gasteiger charge is -2.18. The second kappa shape index (κ2) is 6.98. The van der Waals surface area contributed by atoms with Crippen molar-refractivity contribution in [3.05, 3.63) is 50.8 Å². The zero-order valence-corrected chi connectivity index (χ0v) is 15.5. The van der Waals surface area contributed by atoms with Crippen LogP contribution in [0.25, 0.3) is 21.3 Å². The number of rotatable bonds is 5. The van der Waals surface area contributed by atoms with Crippen LogP contribution in [0.5, 0.6) is 0 Å². The van der Waals surface area contributed by atoms with Crippen LogP contribution in [0.3, 0.4) is 0 Å². The van der Waals surface area contributed by atoms with Gasteiger partial charge in [0.05, 0.1) is 5.39 Å². The van der Waals surface area contributed by atoms with Gasteiger partial charge in [-0.1, -0.05) is 37.6 Å². The number of halogens is 1. The van der Waals surface area contributed by atoms with E-state index in [0.717, 1.165) is 11.1 Å². The Morgan fingerprint density at radius 1 is 1.32 bits per heavy atom. The molecule has 0 saturated carbocycles. The first-order chi connectivity index (χ1) is 12.0. The van der Waals surface area contributed by atoms with Crippen molar-refractivity contribution in [3.63, 3.8) is 0 Å². The molecule has 0 spiro atoms. The first-order valence-corrected chi connectivity index (χ1v) is 9.31. The minimum atomic E-state index is -0.697. The fraction of sp³-hybridized carbons (Fsp3) is 0.278. The van der Waals surface area contributed by atoms with Crippen molar-refractivity contribution in [1.82, 2.24) is 9.55 Å².